The highest BCUT2D eigenvalue weighted by atomic mass is 32.2. The van der Waals surface area contributed by atoms with E-state index in [0.29, 0.717) is 18.4 Å². The van der Waals surface area contributed by atoms with Crippen LogP contribution in [0.3, 0.4) is 0 Å². The lowest BCUT2D eigenvalue weighted by Crippen LogP contribution is -2.33. The molecule has 2 heterocycles. The smallest absolute Gasteiger partial charge is 0.231 e. The monoisotopic (exact) mass is 284 g/mol. The van der Waals surface area contributed by atoms with E-state index in [1.54, 1.807) is 0 Å². The molecule has 2 atom stereocenters. The second-order valence-electron chi connectivity index (χ2n) is 5.62. The fourth-order valence-electron chi connectivity index (χ4n) is 2.37. The Bertz CT molecular complexity index is 396. The van der Waals surface area contributed by atoms with Crippen molar-refractivity contribution in [3.8, 4) is 0 Å². The van der Waals surface area contributed by atoms with Crippen LogP contribution in [0.15, 0.2) is 4.52 Å². The molecule has 19 heavy (non-hydrogen) atoms. The fourth-order valence-corrected chi connectivity index (χ4v) is 3.58. The number of nitrogens with zero attached hydrogens (tertiary/aromatic N) is 3. The van der Waals surface area contributed by atoms with Crippen LogP contribution in [-0.2, 0) is 0 Å². The zero-order valence-corrected chi connectivity index (χ0v) is 12.8. The summed E-state index contributed by atoms with van der Waals surface area (Å²) in [6.07, 6.45) is 0.993. The van der Waals surface area contributed by atoms with Crippen molar-refractivity contribution in [3.63, 3.8) is 0 Å². The second-order valence-corrected chi connectivity index (χ2v) is 6.77. The van der Waals surface area contributed by atoms with Gasteiger partial charge in [-0.1, -0.05) is 19.0 Å². The molecule has 108 valence electrons. The quantitative estimate of drug-likeness (QED) is 0.890. The van der Waals surface area contributed by atoms with Crippen LogP contribution in [-0.4, -0.2) is 46.7 Å². The van der Waals surface area contributed by atoms with Crippen molar-refractivity contribution in [2.24, 2.45) is 11.7 Å². The Balaban J connectivity index is 2.08. The molecule has 1 saturated heterocycles. The minimum Gasteiger partial charge on any atom is -0.339 e. The molecular weight excluding hydrogens is 260 g/mol. The lowest BCUT2D eigenvalue weighted by Gasteiger charge is -2.29. The van der Waals surface area contributed by atoms with Gasteiger partial charge in [0.2, 0.25) is 5.89 Å². The van der Waals surface area contributed by atoms with E-state index in [1.165, 1.54) is 5.75 Å². The molecule has 1 aromatic heterocycles. The average Bonchev–Trinajstić information content (AvgIpc) is 2.85. The van der Waals surface area contributed by atoms with Gasteiger partial charge in [0.15, 0.2) is 5.82 Å². The maximum atomic E-state index is 5.83. The van der Waals surface area contributed by atoms with Gasteiger partial charge < -0.3 is 10.3 Å². The van der Waals surface area contributed by atoms with Gasteiger partial charge in [-0.15, -0.1) is 0 Å². The molecule has 6 heteroatoms. The van der Waals surface area contributed by atoms with Crippen LogP contribution >= 0.6 is 11.8 Å². The van der Waals surface area contributed by atoms with Gasteiger partial charge in [-0.25, -0.2) is 0 Å². The van der Waals surface area contributed by atoms with Crippen molar-refractivity contribution in [2.45, 2.75) is 32.2 Å². The van der Waals surface area contributed by atoms with Crippen LogP contribution in [0.2, 0.25) is 0 Å². The van der Waals surface area contributed by atoms with Crippen molar-refractivity contribution in [1.82, 2.24) is 15.0 Å². The highest BCUT2D eigenvalue weighted by molar-refractivity contribution is 7.99. The summed E-state index contributed by atoms with van der Waals surface area (Å²) in [7, 11) is 2.12. The van der Waals surface area contributed by atoms with Gasteiger partial charge >= 0.3 is 0 Å². The van der Waals surface area contributed by atoms with E-state index < -0.39 is 0 Å². The molecular formula is C13H24N4OS. The standard InChI is InChI=1S/C13H24N4OS/c1-9(2)6-10(7-14)13-15-12(16-18-13)11-8-19-5-4-17(11)3/h9-11H,4-8,14H2,1-3H3. The lowest BCUT2D eigenvalue weighted by molar-refractivity contribution is 0.255. The molecule has 5 nitrogen and oxygen atoms in total. The minimum absolute atomic E-state index is 0.183. The number of rotatable bonds is 5. The normalized spacial score (nSPS) is 22.9. The van der Waals surface area contributed by atoms with Gasteiger partial charge in [0, 0.05) is 24.6 Å². The second kappa shape index (κ2) is 6.72. The van der Waals surface area contributed by atoms with Gasteiger partial charge in [0.25, 0.3) is 0 Å². The maximum absolute atomic E-state index is 5.83. The van der Waals surface area contributed by atoms with Gasteiger partial charge in [0.05, 0.1) is 12.0 Å². The van der Waals surface area contributed by atoms with Gasteiger partial charge in [-0.2, -0.15) is 16.7 Å². The minimum atomic E-state index is 0.183. The Hall–Kier alpha value is -0.590. The van der Waals surface area contributed by atoms with E-state index in [9.17, 15) is 0 Å². The molecule has 2 N–H and O–H groups in total. The summed E-state index contributed by atoms with van der Waals surface area (Å²) in [5.74, 6) is 4.49. The average molecular weight is 284 g/mol. The molecule has 2 rings (SSSR count). The number of thioether (sulfide) groups is 1. The molecule has 0 saturated carbocycles. The topological polar surface area (TPSA) is 68.2 Å². The van der Waals surface area contributed by atoms with E-state index in [1.807, 2.05) is 11.8 Å². The third-order valence-corrected chi connectivity index (χ3v) is 4.56. The molecule has 1 aliphatic heterocycles. The molecule has 0 aliphatic carbocycles. The van der Waals surface area contributed by atoms with E-state index >= 15 is 0 Å². The number of hydrogen-bond acceptors (Lipinski definition) is 6. The first kappa shape index (κ1) is 14.8. The van der Waals surface area contributed by atoms with E-state index in [-0.39, 0.29) is 12.0 Å². The molecule has 0 bridgehead atoms. The summed E-state index contributed by atoms with van der Waals surface area (Å²) in [6.45, 7) is 6.01. The highest BCUT2D eigenvalue weighted by Crippen LogP contribution is 2.28. The lowest BCUT2D eigenvalue weighted by atomic mass is 9.97. The molecule has 1 aliphatic rings. The zero-order valence-electron chi connectivity index (χ0n) is 12.0. The Morgan fingerprint density at radius 1 is 1.53 bits per heavy atom. The molecule has 1 aromatic rings. The summed E-state index contributed by atoms with van der Waals surface area (Å²) in [5, 5.41) is 4.17. The third kappa shape index (κ3) is 3.70. The molecule has 0 spiro atoms. The van der Waals surface area contributed by atoms with Crippen LogP contribution in [0.5, 0.6) is 0 Å². The highest BCUT2D eigenvalue weighted by Gasteiger charge is 2.27. The SMILES string of the molecule is CC(C)CC(CN)c1nc(C2CSCCN2C)no1. The molecule has 0 amide bonds. The van der Waals surface area contributed by atoms with Crippen molar-refractivity contribution in [3.05, 3.63) is 11.7 Å². The Morgan fingerprint density at radius 3 is 2.95 bits per heavy atom. The number of nitrogens with two attached hydrogens (primary N) is 1. The first-order valence-electron chi connectivity index (χ1n) is 6.93. The first-order chi connectivity index (χ1) is 9.11. The summed E-state index contributed by atoms with van der Waals surface area (Å²) in [4.78, 5) is 6.89. The van der Waals surface area contributed by atoms with Crippen molar-refractivity contribution < 1.29 is 4.52 Å². The number of hydrogen-bond donors (Lipinski definition) is 1. The third-order valence-electron chi connectivity index (χ3n) is 3.54. The van der Waals surface area contributed by atoms with Crippen LogP contribution in [0.1, 0.15) is 43.9 Å². The van der Waals surface area contributed by atoms with Gasteiger partial charge in [-0.05, 0) is 19.4 Å². The number of aromatic nitrogens is 2. The summed E-state index contributed by atoms with van der Waals surface area (Å²) in [5.41, 5.74) is 5.83. The van der Waals surface area contributed by atoms with Crippen molar-refractivity contribution in [1.29, 1.82) is 0 Å². The van der Waals surface area contributed by atoms with Crippen molar-refractivity contribution >= 4 is 11.8 Å². The van der Waals surface area contributed by atoms with E-state index in [0.717, 1.165) is 24.5 Å². The summed E-state index contributed by atoms with van der Waals surface area (Å²) in [6, 6.07) is 0.272. The maximum Gasteiger partial charge on any atom is 0.231 e. The van der Waals surface area contributed by atoms with Crippen LogP contribution in [0.25, 0.3) is 0 Å². The largest absolute Gasteiger partial charge is 0.339 e. The predicted molar refractivity (Wildman–Crippen MR) is 78.2 cm³/mol. The summed E-state index contributed by atoms with van der Waals surface area (Å²) >= 11 is 1.95. The van der Waals surface area contributed by atoms with Crippen LogP contribution < -0.4 is 5.73 Å². The van der Waals surface area contributed by atoms with E-state index in [4.69, 9.17) is 10.3 Å². The summed E-state index contributed by atoms with van der Waals surface area (Å²) < 4.78 is 5.44. The van der Waals surface area contributed by atoms with E-state index in [2.05, 4.69) is 35.9 Å². The van der Waals surface area contributed by atoms with Crippen LogP contribution in [0, 0.1) is 5.92 Å². The molecule has 0 radical (unpaired) electrons. The first-order valence-corrected chi connectivity index (χ1v) is 8.08. The molecule has 0 aromatic carbocycles. The fraction of sp³-hybridized carbons (Fsp3) is 0.846. The van der Waals surface area contributed by atoms with Gasteiger partial charge in [-0.3, -0.25) is 4.90 Å². The van der Waals surface area contributed by atoms with Gasteiger partial charge in [0.1, 0.15) is 0 Å². The van der Waals surface area contributed by atoms with Crippen LogP contribution in [0.4, 0.5) is 0 Å². The Labute approximate surface area is 119 Å². The molecule has 2 unspecified atom stereocenters. The Morgan fingerprint density at radius 2 is 2.32 bits per heavy atom. The Kier molecular flexibility index (Phi) is 5.24. The zero-order chi connectivity index (χ0) is 13.8. The van der Waals surface area contributed by atoms with Crippen molar-refractivity contribution in [2.75, 3.05) is 31.6 Å². The molecule has 1 fully saturated rings. The predicted octanol–water partition coefficient (Wildman–Crippen LogP) is 1.88.